The summed E-state index contributed by atoms with van der Waals surface area (Å²) in [4.78, 5) is 23.6. The van der Waals surface area contributed by atoms with Gasteiger partial charge in [-0.15, -0.1) is 11.3 Å². The predicted octanol–water partition coefficient (Wildman–Crippen LogP) is 3.19. The van der Waals surface area contributed by atoms with Gasteiger partial charge < -0.3 is 10.4 Å². The third kappa shape index (κ3) is 3.45. The van der Waals surface area contributed by atoms with Crippen molar-refractivity contribution in [2.45, 2.75) is 19.8 Å². The van der Waals surface area contributed by atoms with Crippen molar-refractivity contribution in [2.75, 3.05) is 5.32 Å². The third-order valence-corrected chi connectivity index (χ3v) is 3.83. The predicted molar refractivity (Wildman–Crippen MR) is 79.4 cm³/mol. The molecule has 4 nitrogen and oxygen atoms in total. The number of benzene rings is 1. The van der Waals surface area contributed by atoms with Crippen LogP contribution in [0.4, 0.5) is 5.69 Å². The standard InChI is InChI=1S/C15H15NO3S/c1-2-11-6-7-20-14(11)15(19)16-12-5-3-4-10(8-12)9-13(17)18/h3-8H,2,9H2,1H3,(H,16,19)(H,17,18). The zero-order valence-electron chi connectivity index (χ0n) is 11.1. The third-order valence-electron chi connectivity index (χ3n) is 2.87. The van der Waals surface area contributed by atoms with Gasteiger partial charge in [0.15, 0.2) is 0 Å². The fourth-order valence-electron chi connectivity index (χ4n) is 1.93. The maximum absolute atomic E-state index is 12.2. The molecule has 1 aromatic heterocycles. The summed E-state index contributed by atoms with van der Waals surface area (Å²) in [6.45, 7) is 2.01. The highest BCUT2D eigenvalue weighted by Crippen LogP contribution is 2.20. The Kier molecular flexibility index (Phi) is 4.53. The van der Waals surface area contributed by atoms with Crippen molar-refractivity contribution < 1.29 is 14.7 Å². The molecule has 0 radical (unpaired) electrons. The summed E-state index contributed by atoms with van der Waals surface area (Å²) in [5, 5.41) is 13.5. The van der Waals surface area contributed by atoms with Crippen molar-refractivity contribution in [1.29, 1.82) is 0 Å². The molecule has 0 aliphatic heterocycles. The molecule has 20 heavy (non-hydrogen) atoms. The van der Waals surface area contributed by atoms with Gasteiger partial charge in [0.05, 0.1) is 11.3 Å². The molecule has 0 unspecified atom stereocenters. The van der Waals surface area contributed by atoms with Gasteiger partial charge in [0.25, 0.3) is 5.91 Å². The highest BCUT2D eigenvalue weighted by Gasteiger charge is 2.12. The first kappa shape index (κ1) is 14.3. The van der Waals surface area contributed by atoms with E-state index >= 15 is 0 Å². The van der Waals surface area contributed by atoms with Crippen molar-refractivity contribution in [3.05, 3.63) is 51.7 Å². The fourth-order valence-corrected chi connectivity index (χ4v) is 2.83. The smallest absolute Gasteiger partial charge is 0.307 e. The van der Waals surface area contributed by atoms with Gasteiger partial charge in [0.2, 0.25) is 0 Å². The van der Waals surface area contributed by atoms with Crippen molar-refractivity contribution in [3.8, 4) is 0 Å². The van der Waals surface area contributed by atoms with Gasteiger partial charge >= 0.3 is 5.97 Å². The van der Waals surface area contributed by atoms with Gasteiger partial charge in [-0.25, -0.2) is 0 Å². The summed E-state index contributed by atoms with van der Waals surface area (Å²) in [6, 6.07) is 8.85. The fraction of sp³-hybridized carbons (Fsp3) is 0.200. The molecular weight excluding hydrogens is 274 g/mol. The van der Waals surface area contributed by atoms with E-state index in [4.69, 9.17) is 5.11 Å². The van der Waals surface area contributed by atoms with E-state index in [1.54, 1.807) is 24.3 Å². The van der Waals surface area contributed by atoms with Crippen LogP contribution in [-0.2, 0) is 17.6 Å². The monoisotopic (exact) mass is 289 g/mol. The van der Waals surface area contributed by atoms with E-state index in [1.165, 1.54) is 11.3 Å². The van der Waals surface area contributed by atoms with Crippen LogP contribution >= 0.6 is 11.3 Å². The van der Waals surface area contributed by atoms with Gasteiger partial charge in [-0.05, 0) is 41.1 Å². The first-order valence-electron chi connectivity index (χ1n) is 6.28. The minimum absolute atomic E-state index is 0.0527. The molecule has 0 fully saturated rings. The number of hydrogen-bond donors (Lipinski definition) is 2. The Morgan fingerprint density at radius 3 is 2.80 bits per heavy atom. The van der Waals surface area contributed by atoms with E-state index in [-0.39, 0.29) is 12.3 Å². The Labute approximate surface area is 121 Å². The Bertz CT molecular complexity index is 634. The van der Waals surface area contributed by atoms with Gasteiger partial charge in [-0.2, -0.15) is 0 Å². The number of aryl methyl sites for hydroxylation is 1. The number of rotatable bonds is 5. The minimum Gasteiger partial charge on any atom is -0.481 e. The highest BCUT2D eigenvalue weighted by molar-refractivity contribution is 7.12. The van der Waals surface area contributed by atoms with Crippen molar-refractivity contribution in [1.82, 2.24) is 0 Å². The van der Waals surface area contributed by atoms with E-state index in [2.05, 4.69) is 5.32 Å². The van der Waals surface area contributed by atoms with Crippen LogP contribution in [0.25, 0.3) is 0 Å². The number of carboxylic acid groups (broad SMARTS) is 1. The average molecular weight is 289 g/mol. The summed E-state index contributed by atoms with van der Waals surface area (Å²) in [7, 11) is 0. The number of carbonyl (C=O) groups is 2. The molecule has 0 saturated carbocycles. The van der Waals surface area contributed by atoms with Gasteiger partial charge in [0, 0.05) is 5.69 Å². The van der Waals surface area contributed by atoms with E-state index in [9.17, 15) is 9.59 Å². The Morgan fingerprint density at radius 2 is 2.10 bits per heavy atom. The maximum Gasteiger partial charge on any atom is 0.307 e. The summed E-state index contributed by atoms with van der Waals surface area (Å²) in [5.41, 5.74) is 2.30. The normalized spacial score (nSPS) is 10.2. The summed E-state index contributed by atoms with van der Waals surface area (Å²) in [5.74, 6) is -1.04. The molecular formula is C15H15NO3S. The number of hydrogen-bond acceptors (Lipinski definition) is 3. The van der Waals surface area contributed by atoms with E-state index in [1.807, 2.05) is 18.4 Å². The number of carbonyl (C=O) groups excluding carboxylic acids is 1. The number of carboxylic acids is 1. The average Bonchev–Trinajstić information content (AvgIpc) is 2.86. The highest BCUT2D eigenvalue weighted by atomic mass is 32.1. The van der Waals surface area contributed by atoms with Crippen LogP contribution in [0.3, 0.4) is 0 Å². The molecule has 104 valence electrons. The second kappa shape index (κ2) is 6.34. The lowest BCUT2D eigenvalue weighted by Gasteiger charge is -2.06. The zero-order valence-corrected chi connectivity index (χ0v) is 11.9. The molecule has 2 aromatic rings. The molecule has 1 heterocycles. The second-order valence-electron chi connectivity index (χ2n) is 4.35. The number of thiophene rings is 1. The SMILES string of the molecule is CCc1ccsc1C(=O)Nc1cccc(CC(=O)O)c1. The first-order chi connectivity index (χ1) is 9.60. The van der Waals surface area contributed by atoms with Gasteiger partial charge in [-0.3, -0.25) is 9.59 Å². The number of amides is 1. The van der Waals surface area contributed by atoms with Gasteiger partial charge in [0.1, 0.15) is 0 Å². The molecule has 0 aliphatic carbocycles. The largest absolute Gasteiger partial charge is 0.481 e. The number of nitrogens with one attached hydrogen (secondary N) is 1. The molecule has 2 N–H and O–H groups in total. The number of anilines is 1. The molecule has 0 spiro atoms. The van der Waals surface area contributed by atoms with E-state index in [0.717, 1.165) is 12.0 Å². The molecule has 2 rings (SSSR count). The second-order valence-corrected chi connectivity index (χ2v) is 5.27. The van der Waals surface area contributed by atoms with Crippen LogP contribution < -0.4 is 5.32 Å². The van der Waals surface area contributed by atoms with Crippen LogP contribution in [0, 0.1) is 0 Å². The Morgan fingerprint density at radius 1 is 1.30 bits per heavy atom. The summed E-state index contributed by atoms with van der Waals surface area (Å²) >= 11 is 1.41. The number of aliphatic carboxylic acids is 1. The minimum atomic E-state index is -0.889. The van der Waals surface area contributed by atoms with Crippen LogP contribution in [0.15, 0.2) is 35.7 Å². The zero-order chi connectivity index (χ0) is 14.5. The molecule has 5 heteroatoms. The van der Waals surface area contributed by atoms with Crippen LogP contribution in [0.5, 0.6) is 0 Å². The molecule has 0 aliphatic rings. The van der Waals surface area contributed by atoms with Crippen LogP contribution in [0.1, 0.15) is 27.7 Å². The van der Waals surface area contributed by atoms with Crippen molar-refractivity contribution in [3.63, 3.8) is 0 Å². The topological polar surface area (TPSA) is 66.4 Å². The molecule has 0 atom stereocenters. The first-order valence-corrected chi connectivity index (χ1v) is 7.16. The quantitative estimate of drug-likeness (QED) is 0.888. The van der Waals surface area contributed by atoms with E-state index < -0.39 is 5.97 Å². The van der Waals surface area contributed by atoms with Crippen molar-refractivity contribution in [2.24, 2.45) is 0 Å². The van der Waals surface area contributed by atoms with Crippen LogP contribution in [-0.4, -0.2) is 17.0 Å². The lowest BCUT2D eigenvalue weighted by Crippen LogP contribution is -2.12. The van der Waals surface area contributed by atoms with Crippen LogP contribution in [0.2, 0.25) is 0 Å². The molecule has 0 saturated heterocycles. The van der Waals surface area contributed by atoms with E-state index in [0.29, 0.717) is 16.1 Å². The lowest BCUT2D eigenvalue weighted by molar-refractivity contribution is -0.136. The molecule has 0 bridgehead atoms. The summed E-state index contributed by atoms with van der Waals surface area (Å²) < 4.78 is 0. The van der Waals surface area contributed by atoms with Crippen molar-refractivity contribution >= 4 is 28.9 Å². The Balaban J connectivity index is 2.13. The maximum atomic E-state index is 12.2. The molecule has 1 aromatic carbocycles. The lowest BCUT2D eigenvalue weighted by atomic mass is 10.1. The summed E-state index contributed by atoms with van der Waals surface area (Å²) in [6.07, 6.45) is 0.758. The molecule has 1 amide bonds. The van der Waals surface area contributed by atoms with Gasteiger partial charge in [-0.1, -0.05) is 19.1 Å². The Hall–Kier alpha value is -2.14.